The summed E-state index contributed by atoms with van der Waals surface area (Å²) in [6, 6.07) is -3.67. The molecule has 0 aliphatic heterocycles. The van der Waals surface area contributed by atoms with E-state index in [0.29, 0.717) is 18.8 Å². The average molecular weight is 1280 g/mol. The first kappa shape index (κ1) is 101. The summed E-state index contributed by atoms with van der Waals surface area (Å²) in [7, 11) is 0. The van der Waals surface area contributed by atoms with E-state index in [4.69, 9.17) is 40.1 Å². The number of ketones is 7. The number of halogens is 7. The van der Waals surface area contributed by atoms with Gasteiger partial charge < -0.3 is 40.1 Å². The number of Topliss-reactive ketones (excluding diaryl/α,β-unsaturated/α-hetero) is 7. The van der Waals surface area contributed by atoms with Crippen LogP contribution in [0.1, 0.15) is 284 Å². The summed E-state index contributed by atoms with van der Waals surface area (Å²) in [6.45, 7) is 46.4. The number of carbonyl (C=O) groups is 7. The molecule has 14 N–H and O–H groups in total. The smallest absolute Gasteiger partial charge is 0.322 e. The zero-order chi connectivity index (χ0) is 71.4. The summed E-state index contributed by atoms with van der Waals surface area (Å²) in [6.07, 6.45) is 1.71. The highest BCUT2D eigenvalue weighted by atomic mass is 19.4. The van der Waals surface area contributed by atoms with Crippen LogP contribution in [0.4, 0.5) is 30.7 Å². The van der Waals surface area contributed by atoms with Gasteiger partial charge in [0.05, 0.1) is 47.7 Å². The van der Waals surface area contributed by atoms with E-state index < -0.39 is 59.2 Å². The quantitative estimate of drug-likeness (QED) is 0.0308. The molecule has 530 valence electrons. The molecule has 0 aromatic carbocycles. The van der Waals surface area contributed by atoms with Crippen molar-refractivity contribution in [3.8, 4) is 0 Å². The largest absolute Gasteiger partial charge is 0.394 e. The van der Waals surface area contributed by atoms with Gasteiger partial charge in [-0.25, -0.2) is 17.6 Å². The first-order valence-corrected chi connectivity index (χ1v) is 31.1. The van der Waals surface area contributed by atoms with Crippen molar-refractivity contribution in [2.45, 2.75) is 345 Å². The molecule has 0 amide bonds. The number of unbranched alkanes of at least 4 members (excludes halogenated alkanes) is 1. The van der Waals surface area contributed by atoms with E-state index in [9.17, 15) is 64.3 Å². The molecule has 0 aliphatic rings. The topological polar surface area (TPSA) is 302 Å². The van der Waals surface area contributed by atoms with Crippen LogP contribution in [0.3, 0.4) is 0 Å². The Kier molecular flexibility index (Phi) is 53.9. The van der Waals surface area contributed by atoms with Gasteiger partial charge in [-0.3, -0.25) is 33.6 Å². The maximum Gasteiger partial charge on any atom is 0.394 e. The van der Waals surface area contributed by atoms with E-state index in [2.05, 4.69) is 90.0 Å². The van der Waals surface area contributed by atoms with Gasteiger partial charge >= 0.3 is 6.18 Å². The number of rotatable bonds is 32. The number of hydrogen-bond donors (Lipinski definition) is 7. The van der Waals surface area contributed by atoms with Crippen molar-refractivity contribution in [1.29, 1.82) is 0 Å². The van der Waals surface area contributed by atoms with Crippen LogP contribution >= 0.6 is 0 Å². The summed E-state index contributed by atoms with van der Waals surface area (Å²) in [4.78, 5) is 75.8. The van der Waals surface area contributed by atoms with Crippen molar-refractivity contribution >= 4 is 40.5 Å². The Morgan fingerprint density at radius 2 is 0.614 bits per heavy atom. The maximum atomic E-state index is 12.7. The Hall–Kier alpha value is -3.08. The van der Waals surface area contributed by atoms with Crippen LogP contribution in [0, 0.1) is 43.8 Å². The number of carbonyl (C=O) groups excluding carboxylic acids is 7. The molecule has 14 nitrogen and oxygen atoms in total. The van der Waals surface area contributed by atoms with E-state index >= 15 is 0 Å². The minimum Gasteiger partial charge on any atom is -0.322 e. The third kappa shape index (κ3) is 52.5. The van der Waals surface area contributed by atoms with Crippen molar-refractivity contribution in [3.05, 3.63) is 0 Å². The zero-order valence-electron chi connectivity index (χ0n) is 59.4. The lowest BCUT2D eigenvalue weighted by Crippen LogP contribution is -2.41. The van der Waals surface area contributed by atoms with Crippen molar-refractivity contribution < 1.29 is 64.3 Å². The molecule has 0 heterocycles. The van der Waals surface area contributed by atoms with E-state index in [1.54, 1.807) is 27.7 Å². The molecule has 0 radical (unpaired) electrons. The Morgan fingerprint density at radius 3 is 0.852 bits per heavy atom. The maximum absolute atomic E-state index is 12.7. The lowest BCUT2D eigenvalue weighted by molar-refractivity contribution is -0.214. The van der Waals surface area contributed by atoms with Crippen LogP contribution in [0.25, 0.3) is 0 Å². The average Bonchev–Trinajstić information content (AvgIpc) is 3.33. The van der Waals surface area contributed by atoms with Crippen molar-refractivity contribution in [1.82, 2.24) is 0 Å². The standard InChI is InChI=1S/C11H23NO.C10H19F2NO.2C10H21NO.C9H19NO.C8H14F3NO.C8H15F2NO.CH4/c1-5-6-7-11(3,4)8-10(12)9(2)13;1-4-5-10(3,9(11)12)6-8(13)7(2)14;1-7(2)10(4,5)6-9(11)8(3)12;1-5-6-10(3,4)7-9(11)8(2)12;1-5-9(3,4)6-8(10)7(2)11;1-5(13)6(12)4-7(2,3)8(9,10)11;1-5(12)6(11)4-8(2,3)7(9)10;/h10H,5-8,12H2,1-4H3;8-9H,4-6,13H2,1-3H3;7,9H,6,11H2,1-5H3;9H,5-7,11H2,1-4H3;8H,5-6,10H2,1-4H3;6H,4,12H2,1-3H3;6-7H,4,11H2,1-3H3;1H4. The van der Waals surface area contributed by atoms with Gasteiger partial charge in [0.25, 0.3) is 0 Å². The second kappa shape index (κ2) is 46.9. The van der Waals surface area contributed by atoms with Crippen LogP contribution < -0.4 is 40.1 Å². The van der Waals surface area contributed by atoms with E-state index in [1.807, 2.05) is 6.92 Å². The zero-order valence-corrected chi connectivity index (χ0v) is 59.4. The van der Waals surface area contributed by atoms with Crippen molar-refractivity contribution in [2.75, 3.05) is 0 Å². The lowest BCUT2D eigenvalue weighted by Gasteiger charge is -2.31. The Balaban J connectivity index is -0.000000141. The predicted molar refractivity (Wildman–Crippen MR) is 353 cm³/mol. The molecule has 0 aliphatic carbocycles. The fraction of sp³-hybridized carbons (Fsp3) is 0.896. The van der Waals surface area contributed by atoms with Crippen LogP contribution in [-0.2, 0) is 33.6 Å². The molecule has 0 aromatic heterocycles. The first-order chi connectivity index (χ1) is 38.6. The summed E-state index contributed by atoms with van der Waals surface area (Å²) >= 11 is 0. The lowest BCUT2D eigenvalue weighted by atomic mass is 9.76. The molecule has 0 saturated carbocycles. The molecule has 8 atom stereocenters. The van der Waals surface area contributed by atoms with Gasteiger partial charge in [0.2, 0.25) is 12.9 Å². The first-order valence-electron chi connectivity index (χ1n) is 31.1. The second-order valence-electron chi connectivity index (χ2n) is 29.2. The summed E-state index contributed by atoms with van der Waals surface area (Å²) < 4.78 is 86.9. The SMILES string of the molecule is C.CC(=O)C(N)CC(C)(C)C(C)C.CC(=O)C(N)CC(C)(C)C(F)(F)F.CC(=O)C(N)CC(C)(C)C(F)F.CCC(C)(C)CC(N)C(C)=O.CCCC(C)(C)CC(N)C(C)=O.CCCC(C)(CC(N)C(C)=O)C(F)F.CCCCC(C)(C)CC(N)C(C)=O. The Bertz CT molecular complexity index is 1910. The van der Waals surface area contributed by atoms with E-state index in [0.717, 1.165) is 65.2 Å². The molecular weight excluding hydrogens is 1150 g/mol. The predicted octanol–water partition coefficient (Wildman–Crippen LogP) is 14.8. The van der Waals surface area contributed by atoms with Gasteiger partial charge in [-0.1, -0.05) is 171 Å². The highest BCUT2D eigenvalue weighted by Gasteiger charge is 2.48. The highest BCUT2D eigenvalue weighted by molar-refractivity contribution is 5.83. The molecule has 0 saturated heterocycles. The summed E-state index contributed by atoms with van der Waals surface area (Å²) in [5.74, 6) is 0.0379. The van der Waals surface area contributed by atoms with Gasteiger partial charge in [-0.05, 0) is 140 Å². The minimum atomic E-state index is -4.32. The molecular formula is C67H136F7N7O7. The van der Waals surface area contributed by atoms with Gasteiger partial charge in [0.1, 0.15) is 40.5 Å². The molecule has 0 fully saturated rings. The Labute approximate surface area is 532 Å². The molecule has 88 heavy (non-hydrogen) atoms. The van der Waals surface area contributed by atoms with Gasteiger partial charge in [-0.15, -0.1) is 0 Å². The number of alkyl halides is 7. The van der Waals surface area contributed by atoms with Crippen LogP contribution in [0.15, 0.2) is 0 Å². The van der Waals surface area contributed by atoms with Gasteiger partial charge in [-0.2, -0.15) is 13.2 Å². The molecule has 0 aromatic rings. The van der Waals surface area contributed by atoms with Gasteiger partial charge in [0.15, 0.2) is 0 Å². The van der Waals surface area contributed by atoms with E-state index in [-0.39, 0.29) is 107 Å². The van der Waals surface area contributed by atoms with Crippen molar-refractivity contribution in [3.63, 3.8) is 0 Å². The number of hydrogen-bond acceptors (Lipinski definition) is 14. The highest BCUT2D eigenvalue weighted by Crippen LogP contribution is 2.41. The van der Waals surface area contributed by atoms with Crippen molar-refractivity contribution in [2.24, 2.45) is 84.0 Å². The fourth-order valence-electron chi connectivity index (χ4n) is 7.97. The van der Waals surface area contributed by atoms with Gasteiger partial charge in [0, 0.05) is 10.8 Å². The fourth-order valence-corrected chi connectivity index (χ4v) is 7.97. The monoisotopic (exact) mass is 1280 g/mol. The second-order valence-corrected chi connectivity index (χ2v) is 29.2. The molecule has 21 heteroatoms. The third-order valence-corrected chi connectivity index (χ3v) is 16.2. The molecule has 0 spiro atoms. The number of nitrogens with two attached hydrogens (primary N) is 7. The molecule has 8 unspecified atom stereocenters. The minimum absolute atomic E-state index is 0. The molecule has 0 bridgehead atoms. The molecule has 0 rings (SSSR count). The summed E-state index contributed by atoms with van der Waals surface area (Å²) in [5, 5.41) is 0. The van der Waals surface area contributed by atoms with E-state index in [1.165, 1.54) is 54.4 Å². The van der Waals surface area contributed by atoms with Crippen LogP contribution in [-0.4, -0.2) is 102 Å². The van der Waals surface area contributed by atoms with Crippen LogP contribution in [0.5, 0.6) is 0 Å². The summed E-state index contributed by atoms with van der Waals surface area (Å²) in [5.41, 5.74) is 35.4. The Morgan fingerprint density at radius 1 is 0.352 bits per heavy atom. The third-order valence-electron chi connectivity index (χ3n) is 16.2. The normalized spacial score (nSPS) is 15.1. The van der Waals surface area contributed by atoms with Crippen LogP contribution in [0.2, 0.25) is 0 Å².